The van der Waals surface area contributed by atoms with Crippen LogP contribution in [0, 0.1) is 6.92 Å². The second kappa shape index (κ2) is 8.29. The highest BCUT2D eigenvalue weighted by molar-refractivity contribution is 7.93. The minimum absolute atomic E-state index is 0.141. The van der Waals surface area contributed by atoms with Gasteiger partial charge in [-0.05, 0) is 37.1 Å². The topological polar surface area (TPSA) is 104 Å². The third-order valence-electron chi connectivity index (χ3n) is 4.64. The van der Waals surface area contributed by atoms with Crippen LogP contribution in [0.1, 0.15) is 20.9 Å². The number of thiazole rings is 1. The molecule has 0 aliphatic heterocycles. The Kier molecular flexibility index (Phi) is 5.56. The smallest absolute Gasteiger partial charge is 0.271 e. The van der Waals surface area contributed by atoms with Gasteiger partial charge in [-0.15, -0.1) is 11.3 Å². The van der Waals surface area contributed by atoms with Gasteiger partial charge in [0.1, 0.15) is 5.69 Å². The average molecular weight is 441 g/mol. The van der Waals surface area contributed by atoms with Crippen molar-refractivity contribution in [2.24, 2.45) is 0 Å². The lowest BCUT2D eigenvalue weighted by molar-refractivity contribution is 0.0949. The number of carbonyl (C=O) groups is 1. The number of anilines is 1. The van der Waals surface area contributed by atoms with Crippen LogP contribution in [-0.2, 0) is 16.4 Å². The molecule has 154 valence electrons. The van der Waals surface area contributed by atoms with Gasteiger partial charge in [0.05, 0.1) is 4.90 Å². The molecule has 0 aliphatic carbocycles. The highest BCUT2D eigenvalue weighted by Gasteiger charge is 2.20. The molecule has 2 aromatic carbocycles. The lowest BCUT2D eigenvalue weighted by Crippen LogP contribution is -2.26. The van der Waals surface area contributed by atoms with Crippen LogP contribution in [-0.4, -0.2) is 30.8 Å². The third-order valence-corrected chi connectivity index (χ3v) is 7.01. The highest BCUT2D eigenvalue weighted by Crippen LogP contribution is 2.25. The van der Waals surface area contributed by atoms with Gasteiger partial charge in [-0.3, -0.25) is 9.52 Å². The zero-order valence-corrected chi connectivity index (χ0v) is 17.8. The summed E-state index contributed by atoms with van der Waals surface area (Å²) in [6, 6.07) is 16.0. The van der Waals surface area contributed by atoms with Gasteiger partial charge in [-0.2, -0.15) is 0 Å². The number of fused-ring (bicyclic) bond motifs is 1. The molecule has 0 saturated heterocycles. The Bertz CT molecular complexity index is 1290. The molecule has 0 bridgehead atoms. The average Bonchev–Trinajstić information content (AvgIpc) is 3.31. The zero-order valence-electron chi connectivity index (χ0n) is 16.2. The van der Waals surface area contributed by atoms with Crippen LogP contribution in [0.5, 0.6) is 0 Å². The van der Waals surface area contributed by atoms with Gasteiger partial charge >= 0.3 is 0 Å². The third kappa shape index (κ3) is 4.22. The maximum Gasteiger partial charge on any atom is 0.271 e. The number of sulfonamides is 1. The van der Waals surface area contributed by atoms with Gasteiger partial charge < -0.3 is 10.3 Å². The zero-order chi connectivity index (χ0) is 21.1. The fourth-order valence-electron chi connectivity index (χ4n) is 3.16. The van der Waals surface area contributed by atoms with E-state index in [2.05, 4.69) is 20.0 Å². The molecule has 0 unspecified atom stereocenters. The molecule has 7 nitrogen and oxygen atoms in total. The number of nitrogens with one attached hydrogen (secondary N) is 3. The Morgan fingerprint density at radius 2 is 1.83 bits per heavy atom. The van der Waals surface area contributed by atoms with Crippen LogP contribution < -0.4 is 10.0 Å². The summed E-state index contributed by atoms with van der Waals surface area (Å²) < 4.78 is 27.4. The monoisotopic (exact) mass is 440 g/mol. The highest BCUT2D eigenvalue weighted by atomic mass is 32.2. The summed E-state index contributed by atoms with van der Waals surface area (Å²) in [6.45, 7) is 2.19. The maximum absolute atomic E-state index is 12.6. The van der Waals surface area contributed by atoms with E-state index in [9.17, 15) is 13.2 Å². The minimum atomic E-state index is -3.75. The SMILES string of the molecule is Cc1sc(NS(=O)(=O)c2ccccc2)nc1C(=O)NCCc1c[nH]c2ccccc12. The second-order valence-electron chi connectivity index (χ2n) is 6.71. The maximum atomic E-state index is 12.6. The molecule has 0 atom stereocenters. The molecule has 0 spiro atoms. The van der Waals surface area contributed by atoms with Gasteiger partial charge in [0.2, 0.25) is 0 Å². The number of carbonyl (C=O) groups excluding carboxylic acids is 1. The Balaban J connectivity index is 1.41. The first-order valence-electron chi connectivity index (χ1n) is 9.32. The van der Waals surface area contributed by atoms with Crippen molar-refractivity contribution in [3.05, 3.63) is 76.9 Å². The fraction of sp³-hybridized carbons (Fsp3) is 0.143. The van der Waals surface area contributed by atoms with Crippen molar-refractivity contribution >= 4 is 43.3 Å². The van der Waals surface area contributed by atoms with Crippen molar-refractivity contribution in [3.63, 3.8) is 0 Å². The van der Waals surface area contributed by atoms with Crippen molar-refractivity contribution in [1.29, 1.82) is 0 Å². The Morgan fingerprint density at radius 3 is 2.63 bits per heavy atom. The summed E-state index contributed by atoms with van der Waals surface area (Å²) in [7, 11) is -3.75. The minimum Gasteiger partial charge on any atom is -0.361 e. The van der Waals surface area contributed by atoms with E-state index in [4.69, 9.17) is 0 Å². The van der Waals surface area contributed by atoms with Crippen LogP contribution in [0.15, 0.2) is 65.7 Å². The predicted molar refractivity (Wildman–Crippen MR) is 118 cm³/mol. The standard InChI is InChI=1S/C21H20N4O3S2/c1-14-19(24-21(29-14)25-30(27,28)16-7-3-2-4-8-16)20(26)22-12-11-15-13-23-18-10-6-5-9-17(15)18/h2-10,13,23H,11-12H2,1H3,(H,22,26)(H,24,25). The van der Waals surface area contributed by atoms with E-state index in [0.29, 0.717) is 17.8 Å². The lowest BCUT2D eigenvalue weighted by atomic mass is 10.1. The summed E-state index contributed by atoms with van der Waals surface area (Å²) in [5, 5.41) is 4.16. The first-order chi connectivity index (χ1) is 14.4. The van der Waals surface area contributed by atoms with E-state index < -0.39 is 10.0 Å². The molecule has 9 heteroatoms. The second-order valence-corrected chi connectivity index (χ2v) is 9.59. The van der Waals surface area contributed by atoms with Crippen LogP contribution >= 0.6 is 11.3 Å². The number of H-pyrrole nitrogens is 1. The number of nitrogens with zero attached hydrogens (tertiary/aromatic N) is 1. The molecule has 0 saturated carbocycles. The van der Waals surface area contributed by atoms with Crippen LogP contribution in [0.25, 0.3) is 10.9 Å². The number of aromatic amines is 1. The summed E-state index contributed by atoms with van der Waals surface area (Å²) in [5.74, 6) is -0.325. The van der Waals surface area contributed by atoms with Gasteiger partial charge in [-0.1, -0.05) is 36.4 Å². The van der Waals surface area contributed by atoms with E-state index in [1.165, 1.54) is 12.1 Å². The van der Waals surface area contributed by atoms with Crippen molar-refractivity contribution in [2.45, 2.75) is 18.2 Å². The molecule has 0 aliphatic rings. The van der Waals surface area contributed by atoms with E-state index in [0.717, 1.165) is 27.8 Å². The lowest BCUT2D eigenvalue weighted by Gasteiger charge is -2.05. The van der Waals surface area contributed by atoms with E-state index in [1.54, 1.807) is 25.1 Å². The number of hydrogen-bond acceptors (Lipinski definition) is 5. The largest absolute Gasteiger partial charge is 0.361 e. The molecular formula is C21H20N4O3S2. The van der Waals surface area contributed by atoms with Crippen molar-refractivity contribution in [2.75, 3.05) is 11.3 Å². The van der Waals surface area contributed by atoms with Crippen molar-refractivity contribution < 1.29 is 13.2 Å². The number of hydrogen-bond donors (Lipinski definition) is 3. The molecule has 3 N–H and O–H groups in total. The Labute approximate surface area is 178 Å². The summed E-state index contributed by atoms with van der Waals surface area (Å²) in [5.41, 5.74) is 2.41. The predicted octanol–water partition coefficient (Wildman–Crippen LogP) is 3.71. The summed E-state index contributed by atoms with van der Waals surface area (Å²) in [6.07, 6.45) is 2.62. The van der Waals surface area contributed by atoms with Crippen molar-refractivity contribution in [3.8, 4) is 0 Å². The van der Waals surface area contributed by atoms with Crippen molar-refractivity contribution in [1.82, 2.24) is 15.3 Å². The van der Waals surface area contributed by atoms with Crippen LogP contribution in [0.4, 0.5) is 5.13 Å². The molecule has 4 aromatic rings. The van der Waals surface area contributed by atoms with E-state index in [-0.39, 0.29) is 21.6 Å². The normalized spacial score (nSPS) is 11.5. The molecule has 4 rings (SSSR count). The number of aryl methyl sites for hydroxylation is 1. The quantitative estimate of drug-likeness (QED) is 0.407. The number of rotatable bonds is 7. The van der Waals surface area contributed by atoms with Gasteiger partial charge in [0.15, 0.2) is 5.13 Å². The summed E-state index contributed by atoms with van der Waals surface area (Å²) >= 11 is 1.13. The summed E-state index contributed by atoms with van der Waals surface area (Å²) in [4.78, 5) is 20.8. The Hall–Kier alpha value is -3.17. The molecule has 1 amide bonds. The van der Waals surface area contributed by atoms with Crippen LogP contribution in [0.3, 0.4) is 0 Å². The molecule has 0 fully saturated rings. The number of amides is 1. The fourth-order valence-corrected chi connectivity index (χ4v) is 5.22. The number of benzene rings is 2. The van der Waals surface area contributed by atoms with Gasteiger partial charge in [-0.25, -0.2) is 13.4 Å². The molecule has 30 heavy (non-hydrogen) atoms. The van der Waals surface area contributed by atoms with Gasteiger partial charge in [0, 0.05) is 28.5 Å². The Morgan fingerprint density at radius 1 is 1.10 bits per heavy atom. The van der Waals surface area contributed by atoms with E-state index >= 15 is 0 Å². The molecule has 0 radical (unpaired) electrons. The van der Waals surface area contributed by atoms with E-state index in [1.807, 2.05) is 30.5 Å². The number of aromatic nitrogens is 2. The molecule has 2 heterocycles. The number of para-hydroxylation sites is 1. The first kappa shape index (κ1) is 20.1. The van der Waals surface area contributed by atoms with Crippen LogP contribution in [0.2, 0.25) is 0 Å². The molecule has 2 aromatic heterocycles. The molecular weight excluding hydrogens is 420 g/mol. The first-order valence-corrected chi connectivity index (χ1v) is 11.6. The van der Waals surface area contributed by atoms with Gasteiger partial charge in [0.25, 0.3) is 15.9 Å².